The van der Waals surface area contributed by atoms with Crippen LogP contribution in [0.4, 0.5) is 0 Å². The number of rotatable bonds is 3. The number of hydrogen-bond acceptors (Lipinski definition) is 0. The Balaban J connectivity index is 2.24. The summed E-state index contributed by atoms with van der Waals surface area (Å²) >= 11 is 6.42. The quantitative estimate of drug-likeness (QED) is 0.592. The average Bonchev–Trinajstić information content (AvgIpc) is 2.05. The van der Waals surface area contributed by atoms with Crippen molar-refractivity contribution < 1.29 is 0 Å². The second kappa shape index (κ2) is 5.45. The molecule has 0 saturated heterocycles. The van der Waals surface area contributed by atoms with Crippen LogP contribution in [-0.2, 0) is 0 Å². The largest absolute Gasteiger partial charge is 0.0961 e. The van der Waals surface area contributed by atoms with Gasteiger partial charge in [0.1, 0.15) is 0 Å². The maximum atomic E-state index is 6.42. The highest BCUT2D eigenvalue weighted by molar-refractivity contribution is 7.84. The van der Waals surface area contributed by atoms with Gasteiger partial charge in [0.2, 0.25) is 0 Å². The third-order valence-corrected chi connectivity index (χ3v) is 6.14. The highest BCUT2D eigenvalue weighted by atomic mass is 35.7. The average molecular weight is 207 g/mol. The molecule has 0 amide bonds. The maximum Gasteiger partial charge on any atom is -0.00631 e. The molecule has 1 fully saturated rings. The third-order valence-electron chi connectivity index (χ3n) is 2.51. The van der Waals surface area contributed by atoms with Gasteiger partial charge in [0.05, 0.1) is 0 Å². The van der Waals surface area contributed by atoms with Crippen LogP contribution in [0, 0.1) is 5.92 Å². The van der Waals surface area contributed by atoms with Gasteiger partial charge < -0.3 is 0 Å². The van der Waals surface area contributed by atoms with Crippen LogP contribution in [0.2, 0.25) is 0 Å². The Morgan fingerprint density at radius 1 is 1.25 bits per heavy atom. The van der Waals surface area contributed by atoms with Crippen LogP contribution >= 0.6 is 18.5 Å². The first-order valence-electron chi connectivity index (χ1n) is 5.12. The van der Waals surface area contributed by atoms with Gasteiger partial charge in [-0.25, -0.2) is 0 Å². The van der Waals surface area contributed by atoms with Gasteiger partial charge in [0.15, 0.2) is 0 Å². The minimum atomic E-state index is -0.166. The monoisotopic (exact) mass is 206 g/mol. The summed E-state index contributed by atoms with van der Waals surface area (Å²) in [6.45, 7) is 4.56. The summed E-state index contributed by atoms with van der Waals surface area (Å²) in [6.07, 6.45) is 8.37. The topological polar surface area (TPSA) is 0 Å². The molecule has 0 nitrogen and oxygen atoms in total. The Morgan fingerprint density at radius 3 is 2.33 bits per heavy atom. The fraction of sp³-hybridized carbons (Fsp3) is 1.00. The summed E-state index contributed by atoms with van der Waals surface area (Å²) in [5.74, 6) is 0.788. The van der Waals surface area contributed by atoms with Gasteiger partial charge in [-0.3, -0.25) is 0 Å². The van der Waals surface area contributed by atoms with E-state index in [0.29, 0.717) is 0 Å². The summed E-state index contributed by atoms with van der Waals surface area (Å²) < 4.78 is 0. The zero-order valence-electron chi connectivity index (χ0n) is 8.22. The Labute approximate surface area is 82.6 Å². The van der Waals surface area contributed by atoms with Crippen LogP contribution in [-0.4, -0.2) is 11.8 Å². The molecule has 0 aliphatic heterocycles. The van der Waals surface area contributed by atoms with E-state index in [0.717, 1.165) is 11.6 Å². The van der Waals surface area contributed by atoms with Crippen LogP contribution in [0.3, 0.4) is 0 Å². The molecule has 0 heterocycles. The lowest BCUT2D eigenvalue weighted by Gasteiger charge is -2.26. The van der Waals surface area contributed by atoms with E-state index in [-0.39, 0.29) is 7.27 Å². The molecule has 0 spiro atoms. The van der Waals surface area contributed by atoms with Gasteiger partial charge in [0, 0.05) is 0 Å². The summed E-state index contributed by atoms with van der Waals surface area (Å²) in [5.41, 5.74) is 0.887. The predicted molar refractivity (Wildman–Crippen MR) is 59.4 cm³/mol. The smallest absolute Gasteiger partial charge is 0.00631 e. The standard InChI is InChI=1S/C10H20ClP/c1-9(2)8-12(11)10-6-4-3-5-7-10/h9-10H,3-8H2,1-2H3. The van der Waals surface area contributed by atoms with E-state index in [1.54, 1.807) is 0 Å². The zero-order valence-corrected chi connectivity index (χ0v) is 9.87. The molecular formula is C10H20ClP. The molecule has 72 valence electrons. The van der Waals surface area contributed by atoms with Crippen LogP contribution in [0.25, 0.3) is 0 Å². The molecule has 0 radical (unpaired) electrons. The molecule has 12 heavy (non-hydrogen) atoms. The lowest BCUT2D eigenvalue weighted by atomic mass is 10.0. The second-order valence-corrected chi connectivity index (χ2v) is 7.47. The normalized spacial score (nSPS) is 23.0. The third kappa shape index (κ3) is 3.62. The summed E-state index contributed by atoms with van der Waals surface area (Å²) in [7, 11) is -0.166. The molecule has 1 atom stereocenters. The van der Waals surface area contributed by atoms with Crippen molar-refractivity contribution in [3.05, 3.63) is 0 Å². The van der Waals surface area contributed by atoms with Gasteiger partial charge >= 0.3 is 0 Å². The van der Waals surface area contributed by atoms with Crippen molar-refractivity contribution in [3.8, 4) is 0 Å². The fourth-order valence-corrected chi connectivity index (χ4v) is 5.19. The van der Waals surface area contributed by atoms with Crippen LogP contribution in [0.5, 0.6) is 0 Å². The van der Waals surface area contributed by atoms with E-state index in [1.165, 1.54) is 38.3 Å². The van der Waals surface area contributed by atoms with E-state index in [2.05, 4.69) is 13.8 Å². The lowest BCUT2D eigenvalue weighted by Crippen LogP contribution is -2.11. The van der Waals surface area contributed by atoms with Crippen molar-refractivity contribution in [3.63, 3.8) is 0 Å². The Morgan fingerprint density at radius 2 is 1.83 bits per heavy atom. The van der Waals surface area contributed by atoms with Gasteiger partial charge in [-0.15, -0.1) is 0 Å². The molecule has 1 saturated carbocycles. The van der Waals surface area contributed by atoms with Crippen molar-refractivity contribution in [2.45, 2.75) is 51.6 Å². The molecule has 0 aromatic carbocycles. The summed E-state index contributed by atoms with van der Waals surface area (Å²) in [6, 6.07) is 0. The SMILES string of the molecule is CC(C)CP(Cl)C1CCCCC1. The van der Waals surface area contributed by atoms with Gasteiger partial charge in [-0.2, -0.15) is 0 Å². The molecule has 0 bridgehead atoms. The Kier molecular flexibility index (Phi) is 4.90. The molecule has 0 N–H and O–H groups in total. The predicted octanol–water partition coefficient (Wildman–Crippen LogP) is 4.61. The number of hydrogen-bond donors (Lipinski definition) is 0. The molecule has 1 aliphatic carbocycles. The van der Waals surface area contributed by atoms with Crippen molar-refractivity contribution in [1.82, 2.24) is 0 Å². The van der Waals surface area contributed by atoms with Gasteiger partial charge in [-0.05, 0) is 37.9 Å². The van der Waals surface area contributed by atoms with E-state index < -0.39 is 0 Å². The Bertz CT molecular complexity index is 119. The Hall–Kier alpha value is 0.720. The van der Waals surface area contributed by atoms with Crippen molar-refractivity contribution in [2.75, 3.05) is 6.16 Å². The van der Waals surface area contributed by atoms with Crippen molar-refractivity contribution in [1.29, 1.82) is 0 Å². The van der Waals surface area contributed by atoms with Crippen LogP contribution < -0.4 is 0 Å². The molecule has 0 aromatic rings. The minimum Gasteiger partial charge on any atom is -0.0961 e. The molecule has 1 aliphatic rings. The van der Waals surface area contributed by atoms with Crippen molar-refractivity contribution in [2.24, 2.45) is 5.92 Å². The first kappa shape index (κ1) is 10.8. The molecule has 1 rings (SSSR count). The van der Waals surface area contributed by atoms with E-state index in [4.69, 9.17) is 11.2 Å². The molecule has 1 unspecified atom stereocenters. The van der Waals surface area contributed by atoms with E-state index >= 15 is 0 Å². The van der Waals surface area contributed by atoms with E-state index in [1.807, 2.05) is 0 Å². The van der Waals surface area contributed by atoms with Crippen molar-refractivity contribution >= 4 is 18.5 Å². The van der Waals surface area contributed by atoms with Gasteiger partial charge in [0.25, 0.3) is 0 Å². The number of halogens is 1. The summed E-state index contributed by atoms with van der Waals surface area (Å²) in [5, 5.41) is 0. The van der Waals surface area contributed by atoms with E-state index in [9.17, 15) is 0 Å². The molecule has 0 aromatic heterocycles. The van der Waals surface area contributed by atoms with Crippen LogP contribution in [0.15, 0.2) is 0 Å². The molecular weight excluding hydrogens is 187 g/mol. The zero-order chi connectivity index (χ0) is 8.97. The highest BCUT2D eigenvalue weighted by Gasteiger charge is 2.21. The van der Waals surface area contributed by atoms with Gasteiger partial charge in [-0.1, -0.05) is 44.4 Å². The second-order valence-electron chi connectivity index (χ2n) is 4.27. The van der Waals surface area contributed by atoms with Crippen LogP contribution in [0.1, 0.15) is 46.0 Å². The summed E-state index contributed by atoms with van der Waals surface area (Å²) in [4.78, 5) is 0. The molecule has 2 heteroatoms. The lowest BCUT2D eigenvalue weighted by molar-refractivity contribution is 0.511. The minimum absolute atomic E-state index is 0.166. The first-order valence-corrected chi connectivity index (χ1v) is 7.62. The fourth-order valence-electron chi connectivity index (χ4n) is 1.86. The maximum absolute atomic E-state index is 6.42. The highest BCUT2D eigenvalue weighted by Crippen LogP contribution is 2.52. The first-order chi connectivity index (χ1) is 5.70.